The van der Waals surface area contributed by atoms with Crippen molar-refractivity contribution in [2.75, 3.05) is 5.73 Å². The molecule has 0 bridgehead atoms. The van der Waals surface area contributed by atoms with Crippen LogP contribution in [0.1, 0.15) is 15.9 Å². The Labute approximate surface area is 115 Å². The summed E-state index contributed by atoms with van der Waals surface area (Å²) in [6.45, 7) is 1.86. The summed E-state index contributed by atoms with van der Waals surface area (Å²) < 4.78 is 5.64. The molecule has 0 fully saturated rings. The van der Waals surface area contributed by atoms with Gasteiger partial charge in [0.15, 0.2) is 5.75 Å². The average Bonchev–Trinajstić information content (AvgIpc) is 2.36. The number of carbonyl (C=O) groups is 1. The zero-order valence-electron chi connectivity index (χ0n) is 10.2. The Balaban J connectivity index is 2.40. The number of halogens is 1. The standard InChI is InChI=1S/C14H12ClNO3/c1-8-2-4-10(15)7-12(8)19-13-6-9(14(17)18)3-5-11(13)16/h2-7H,16H2,1H3,(H,17,18). The van der Waals surface area contributed by atoms with Crippen molar-refractivity contribution in [1.29, 1.82) is 0 Å². The monoisotopic (exact) mass is 277 g/mol. The van der Waals surface area contributed by atoms with Crippen LogP contribution < -0.4 is 10.5 Å². The zero-order chi connectivity index (χ0) is 14.0. The van der Waals surface area contributed by atoms with Gasteiger partial charge in [0.2, 0.25) is 0 Å². The van der Waals surface area contributed by atoms with Crippen molar-refractivity contribution in [3.63, 3.8) is 0 Å². The number of carboxylic acid groups (broad SMARTS) is 1. The second kappa shape index (κ2) is 5.20. The highest BCUT2D eigenvalue weighted by molar-refractivity contribution is 6.30. The third-order valence-corrected chi connectivity index (χ3v) is 2.87. The van der Waals surface area contributed by atoms with Gasteiger partial charge in [0.25, 0.3) is 0 Å². The second-order valence-electron chi connectivity index (χ2n) is 4.07. The van der Waals surface area contributed by atoms with E-state index >= 15 is 0 Å². The minimum atomic E-state index is -1.03. The predicted molar refractivity (Wildman–Crippen MR) is 74.1 cm³/mol. The van der Waals surface area contributed by atoms with Gasteiger partial charge in [0.1, 0.15) is 5.75 Å². The van der Waals surface area contributed by atoms with E-state index in [9.17, 15) is 4.79 Å². The number of aryl methyl sites for hydroxylation is 1. The van der Waals surface area contributed by atoms with E-state index in [0.717, 1.165) is 5.56 Å². The molecule has 0 saturated heterocycles. The van der Waals surface area contributed by atoms with Gasteiger partial charge in [0, 0.05) is 5.02 Å². The Morgan fingerprint density at radius 2 is 1.95 bits per heavy atom. The maximum atomic E-state index is 10.9. The average molecular weight is 278 g/mol. The first-order chi connectivity index (χ1) is 8.97. The highest BCUT2D eigenvalue weighted by Gasteiger charge is 2.10. The molecule has 0 aliphatic carbocycles. The molecule has 5 heteroatoms. The van der Waals surface area contributed by atoms with E-state index in [0.29, 0.717) is 22.2 Å². The van der Waals surface area contributed by atoms with Gasteiger partial charge in [-0.15, -0.1) is 0 Å². The molecule has 0 aromatic heterocycles. The Morgan fingerprint density at radius 3 is 2.63 bits per heavy atom. The molecule has 0 spiro atoms. The summed E-state index contributed by atoms with van der Waals surface area (Å²) in [6, 6.07) is 9.53. The van der Waals surface area contributed by atoms with E-state index in [1.165, 1.54) is 18.2 Å². The molecule has 98 valence electrons. The number of ether oxygens (including phenoxy) is 1. The molecule has 3 N–H and O–H groups in total. The van der Waals surface area contributed by atoms with Crippen LogP contribution in [0.25, 0.3) is 0 Å². The lowest BCUT2D eigenvalue weighted by atomic mass is 10.2. The number of aromatic carboxylic acids is 1. The Bertz CT molecular complexity index is 641. The molecular weight excluding hydrogens is 266 g/mol. The summed E-state index contributed by atoms with van der Waals surface area (Å²) in [6.07, 6.45) is 0. The van der Waals surface area contributed by atoms with Gasteiger partial charge in [-0.25, -0.2) is 4.79 Å². The number of nitrogens with two attached hydrogens (primary N) is 1. The summed E-state index contributed by atoms with van der Waals surface area (Å²) in [5.41, 5.74) is 7.13. The molecule has 4 nitrogen and oxygen atoms in total. The number of carboxylic acids is 1. The minimum Gasteiger partial charge on any atom is -0.478 e. The first kappa shape index (κ1) is 13.2. The van der Waals surface area contributed by atoms with Crippen molar-refractivity contribution in [2.24, 2.45) is 0 Å². The highest BCUT2D eigenvalue weighted by Crippen LogP contribution is 2.32. The van der Waals surface area contributed by atoms with E-state index < -0.39 is 5.97 Å². The summed E-state index contributed by atoms with van der Waals surface area (Å²) >= 11 is 5.90. The number of hydrogen-bond donors (Lipinski definition) is 2. The lowest BCUT2D eigenvalue weighted by Crippen LogP contribution is -1.99. The molecule has 0 saturated carbocycles. The maximum Gasteiger partial charge on any atom is 0.335 e. The van der Waals surface area contributed by atoms with Gasteiger partial charge in [-0.2, -0.15) is 0 Å². The molecule has 0 amide bonds. The fourth-order valence-corrected chi connectivity index (χ4v) is 1.72. The van der Waals surface area contributed by atoms with Crippen LogP contribution in [0.2, 0.25) is 5.02 Å². The maximum absolute atomic E-state index is 10.9. The van der Waals surface area contributed by atoms with Gasteiger partial charge >= 0.3 is 5.97 Å². The molecule has 0 aliphatic heterocycles. The number of benzene rings is 2. The normalized spacial score (nSPS) is 10.2. The van der Waals surface area contributed by atoms with Gasteiger partial charge < -0.3 is 15.6 Å². The van der Waals surface area contributed by atoms with Crippen molar-refractivity contribution in [3.05, 3.63) is 52.5 Å². The molecular formula is C14H12ClNO3. The van der Waals surface area contributed by atoms with Crippen LogP contribution in [0.3, 0.4) is 0 Å². The zero-order valence-corrected chi connectivity index (χ0v) is 10.9. The van der Waals surface area contributed by atoms with Crippen LogP contribution in [0, 0.1) is 6.92 Å². The number of anilines is 1. The number of hydrogen-bond acceptors (Lipinski definition) is 3. The Hall–Kier alpha value is -2.20. The van der Waals surface area contributed by atoms with Crippen molar-refractivity contribution in [3.8, 4) is 11.5 Å². The molecule has 0 atom stereocenters. The SMILES string of the molecule is Cc1ccc(Cl)cc1Oc1cc(C(=O)O)ccc1N. The lowest BCUT2D eigenvalue weighted by Gasteiger charge is -2.11. The summed E-state index contributed by atoms with van der Waals surface area (Å²) in [7, 11) is 0. The van der Waals surface area contributed by atoms with Crippen LogP contribution in [0.15, 0.2) is 36.4 Å². The molecule has 19 heavy (non-hydrogen) atoms. The van der Waals surface area contributed by atoms with Crippen molar-refractivity contribution >= 4 is 23.3 Å². The largest absolute Gasteiger partial charge is 0.478 e. The number of nitrogen functional groups attached to an aromatic ring is 1. The van der Waals surface area contributed by atoms with Gasteiger partial charge in [-0.3, -0.25) is 0 Å². The molecule has 0 heterocycles. The van der Waals surface area contributed by atoms with E-state index in [2.05, 4.69) is 0 Å². The Morgan fingerprint density at radius 1 is 1.21 bits per heavy atom. The quantitative estimate of drug-likeness (QED) is 0.839. The van der Waals surface area contributed by atoms with Crippen LogP contribution >= 0.6 is 11.6 Å². The van der Waals surface area contributed by atoms with Gasteiger partial charge in [-0.1, -0.05) is 17.7 Å². The van der Waals surface area contributed by atoms with E-state index in [4.69, 9.17) is 27.2 Å². The summed E-state index contributed by atoms with van der Waals surface area (Å²) in [5.74, 6) is -0.195. The van der Waals surface area contributed by atoms with Crippen LogP contribution in [0.4, 0.5) is 5.69 Å². The fraction of sp³-hybridized carbons (Fsp3) is 0.0714. The summed E-state index contributed by atoms with van der Waals surface area (Å²) in [4.78, 5) is 10.9. The molecule has 2 rings (SSSR count). The topological polar surface area (TPSA) is 72.5 Å². The van der Waals surface area contributed by atoms with Crippen molar-refractivity contribution in [2.45, 2.75) is 6.92 Å². The lowest BCUT2D eigenvalue weighted by molar-refractivity contribution is 0.0696. The van der Waals surface area contributed by atoms with Crippen LogP contribution in [-0.4, -0.2) is 11.1 Å². The Kier molecular flexibility index (Phi) is 3.62. The molecule has 0 aliphatic rings. The van der Waals surface area contributed by atoms with Gasteiger partial charge in [0.05, 0.1) is 11.3 Å². The fourth-order valence-electron chi connectivity index (χ4n) is 1.56. The first-order valence-electron chi connectivity index (χ1n) is 5.54. The third kappa shape index (κ3) is 2.98. The van der Waals surface area contributed by atoms with Crippen molar-refractivity contribution < 1.29 is 14.6 Å². The van der Waals surface area contributed by atoms with Crippen LogP contribution in [0.5, 0.6) is 11.5 Å². The van der Waals surface area contributed by atoms with Crippen molar-refractivity contribution in [1.82, 2.24) is 0 Å². The molecule has 0 radical (unpaired) electrons. The molecule has 2 aromatic rings. The number of rotatable bonds is 3. The van der Waals surface area contributed by atoms with E-state index in [-0.39, 0.29) is 5.56 Å². The van der Waals surface area contributed by atoms with Gasteiger partial charge in [-0.05, 0) is 42.8 Å². The van der Waals surface area contributed by atoms with E-state index in [1.807, 2.05) is 13.0 Å². The van der Waals surface area contributed by atoms with E-state index in [1.54, 1.807) is 12.1 Å². The predicted octanol–water partition coefficient (Wildman–Crippen LogP) is 3.72. The first-order valence-corrected chi connectivity index (χ1v) is 5.92. The summed E-state index contributed by atoms with van der Waals surface area (Å²) in [5, 5.41) is 9.48. The second-order valence-corrected chi connectivity index (χ2v) is 4.51. The third-order valence-electron chi connectivity index (χ3n) is 2.63. The minimum absolute atomic E-state index is 0.115. The molecule has 0 unspecified atom stereocenters. The molecule has 2 aromatic carbocycles. The highest BCUT2D eigenvalue weighted by atomic mass is 35.5. The van der Waals surface area contributed by atoms with Crippen LogP contribution in [-0.2, 0) is 0 Å². The smallest absolute Gasteiger partial charge is 0.335 e.